The number of anilines is 3. The lowest BCUT2D eigenvalue weighted by atomic mass is 10.1. The van der Waals surface area contributed by atoms with E-state index < -0.39 is 12.1 Å². The van der Waals surface area contributed by atoms with Gasteiger partial charge in [-0.25, -0.2) is 14.7 Å². The van der Waals surface area contributed by atoms with Gasteiger partial charge >= 0.3 is 6.03 Å². The number of pyridine rings is 1. The number of urea groups is 1. The van der Waals surface area contributed by atoms with Gasteiger partial charge in [0.1, 0.15) is 17.6 Å². The van der Waals surface area contributed by atoms with Gasteiger partial charge in [0.15, 0.2) is 0 Å². The maximum atomic E-state index is 12.4. The quantitative estimate of drug-likeness (QED) is 0.818. The van der Waals surface area contributed by atoms with Crippen molar-refractivity contribution in [2.45, 2.75) is 19.9 Å². The van der Waals surface area contributed by atoms with E-state index in [0.29, 0.717) is 5.82 Å². The van der Waals surface area contributed by atoms with E-state index in [-0.39, 0.29) is 11.8 Å². The molecule has 0 saturated carbocycles. The van der Waals surface area contributed by atoms with Gasteiger partial charge in [-0.1, -0.05) is 19.9 Å². The third-order valence-corrected chi connectivity index (χ3v) is 3.97. The largest absolute Gasteiger partial charge is 0.497 e. The number of benzene rings is 1. The Hall–Kier alpha value is -3.09. The molecule has 7 nitrogen and oxygen atoms in total. The van der Waals surface area contributed by atoms with Crippen molar-refractivity contribution in [3.63, 3.8) is 0 Å². The molecule has 0 unspecified atom stereocenters. The molecule has 1 aromatic carbocycles. The van der Waals surface area contributed by atoms with E-state index >= 15 is 0 Å². The van der Waals surface area contributed by atoms with Crippen molar-refractivity contribution in [3.8, 4) is 5.75 Å². The molecule has 2 aromatic rings. The Morgan fingerprint density at radius 3 is 2.60 bits per heavy atom. The number of methoxy groups -OCH3 is 1. The molecule has 0 spiro atoms. The molecule has 7 heteroatoms. The van der Waals surface area contributed by atoms with E-state index in [2.05, 4.69) is 15.6 Å². The van der Waals surface area contributed by atoms with Crippen LogP contribution in [-0.2, 0) is 4.79 Å². The number of hydrogen-bond donors (Lipinski definition) is 2. The molecule has 2 N–H and O–H groups in total. The highest BCUT2D eigenvalue weighted by Gasteiger charge is 2.41. The number of rotatable bonds is 5. The van der Waals surface area contributed by atoms with E-state index in [1.165, 1.54) is 0 Å². The molecule has 25 heavy (non-hydrogen) atoms. The molecule has 3 amide bonds. The highest BCUT2D eigenvalue weighted by atomic mass is 16.5. The number of amides is 3. The lowest BCUT2D eigenvalue weighted by Crippen LogP contribution is -2.34. The van der Waals surface area contributed by atoms with Gasteiger partial charge in [-0.15, -0.1) is 0 Å². The van der Waals surface area contributed by atoms with Gasteiger partial charge < -0.3 is 15.4 Å². The summed E-state index contributed by atoms with van der Waals surface area (Å²) in [6.07, 6.45) is 1.58. The molecule has 0 aliphatic carbocycles. The average Bonchev–Trinajstić information content (AvgIpc) is 2.91. The van der Waals surface area contributed by atoms with Crippen molar-refractivity contribution in [1.82, 2.24) is 10.3 Å². The first kappa shape index (κ1) is 16.8. The zero-order valence-electron chi connectivity index (χ0n) is 14.3. The summed E-state index contributed by atoms with van der Waals surface area (Å²) in [5.41, 5.74) is 1.59. The highest BCUT2D eigenvalue weighted by Crippen LogP contribution is 2.24. The Bertz CT molecular complexity index is 789. The van der Waals surface area contributed by atoms with Crippen LogP contribution in [0.1, 0.15) is 13.8 Å². The van der Waals surface area contributed by atoms with Crippen LogP contribution in [0.2, 0.25) is 0 Å². The van der Waals surface area contributed by atoms with E-state index in [0.717, 1.165) is 22.0 Å². The average molecular weight is 340 g/mol. The Morgan fingerprint density at radius 2 is 2.00 bits per heavy atom. The van der Waals surface area contributed by atoms with E-state index in [1.807, 2.05) is 38.1 Å². The first-order valence-corrected chi connectivity index (χ1v) is 8.01. The van der Waals surface area contributed by atoms with Crippen LogP contribution in [0.4, 0.5) is 22.0 Å². The summed E-state index contributed by atoms with van der Waals surface area (Å²) < 4.78 is 5.19. The minimum Gasteiger partial charge on any atom is -0.497 e. The lowest BCUT2D eigenvalue weighted by Gasteiger charge is -2.14. The maximum absolute atomic E-state index is 12.4. The topological polar surface area (TPSA) is 83.6 Å². The summed E-state index contributed by atoms with van der Waals surface area (Å²) in [5.74, 6) is 0.798. The number of hydrogen-bond acceptors (Lipinski definition) is 5. The number of ether oxygens (including phenoxy) is 1. The van der Waals surface area contributed by atoms with Gasteiger partial charge in [0.2, 0.25) is 0 Å². The van der Waals surface area contributed by atoms with Gasteiger partial charge in [0.25, 0.3) is 5.91 Å². The van der Waals surface area contributed by atoms with Crippen molar-refractivity contribution in [1.29, 1.82) is 0 Å². The molecular weight excluding hydrogens is 320 g/mol. The van der Waals surface area contributed by atoms with E-state index in [1.54, 1.807) is 25.4 Å². The number of carbonyl (C=O) groups excluding carboxylic acids is 2. The second-order valence-corrected chi connectivity index (χ2v) is 6.11. The number of aromatic nitrogens is 1. The maximum Gasteiger partial charge on any atom is 0.330 e. The smallest absolute Gasteiger partial charge is 0.330 e. The molecule has 1 aliphatic rings. The van der Waals surface area contributed by atoms with Gasteiger partial charge in [0.05, 0.1) is 19.0 Å². The first-order valence-electron chi connectivity index (χ1n) is 8.01. The summed E-state index contributed by atoms with van der Waals surface area (Å²) in [4.78, 5) is 29.8. The minimum atomic E-state index is -0.510. The molecule has 0 bridgehead atoms. The Morgan fingerprint density at radius 1 is 1.20 bits per heavy atom. The standard InChI is InChI=1S/C18H20N4O3/c1-11(2)16-17(23)22(18(24)21-16)15-8-7-13(10-19-15)20-12-5-4-6-14(9-12)25-3/h4-11,16,20H,1-3H3,(H,21,24)/t16-/m0/s1. The summed E-state index contributed by atoms with van der Waals surface area (Å²) in [7, 11) is 1.61. The van der Waals surface area contributed by atoms with Crippen LogP contribution in [-0.4, -0.2) is 30.1 Å². The monoisotopic (exact) mass is 340 g/mol. The fourth-order valence-electron chi connectivity index (χ4n) is 2.63. The van der Waals surface area contributed by atoms with Crippen molar-refractivity contribution < 1.29 is 14.3 Å². The number of imide groups is 1. The van der Waals surface area contributed by atoms with Crippen LogP contribution < -0.4 is 20.3 Å². The molecule has 1 aromatic heterocycles. The SMILES string of the molecule is COc1cccc(Nc2ccc(N3C(=O)N[C@@H](C(C)C)C3=O)nc2)c1. The van der Waals surface area contributed by atoms with Gasteiger partial charge in [-0.2, -0.15) is 0 Å². The van der Waals surface area contributed by atoms with Crippen LogP contribution in [0.15, 0.2) is 42.6 Å². The van der Waals surface area contributed by atoms with Crippen LogP contribution >= 0.6 is 0 Å². The highest BCUT2D eigenvalue weighted by molar-refractivity contribution is 6.20. The van der Waals surface area contributed by atoms with Gasteiger partial charge in [-0.3, -0.25) is 4.79 Å². The predicted octanol–water partition coefficient (Wildman–Crippen LogP) is 2.91. The predicted molar refractivity (Wildman–Crippen MR) is 95.2 cm³/mol. The van der Waals surface area contributed by atoms with E-state index in [9.17, 15) is 9.59 Å². The summed E-state index contributed by atoms with van der Waals surface area (Å²) in [5, 5.41) is 5.89. The van der Waals surface area contributed by atoms with Gasteiger partial charge in [0, 0.05) is 11.8 Å². The molecule has 1 aliphatic heterocycles. The third kappa shape index (κ3) is 3.40. The third-order valence-electron chi connectivity index (χ3n) is 3.97. The van der Waals surface area contributed by atoms with E-state index in [4.69, 9.17) is 4.74 Å². The summed E-state index contributed by atoms with van der Waals surface area (Å²) in [6.45, 7) is 3.78. The van der Waals surface area contributed by atoms with Crippen molar-refractivity contribution in [2.75, 3.05) is 17.3 Å². The molecule has 1 saturated heterocycles. The molecule has 1 atom stereocenters. The normalized spacial score (nSPS) is 17.0. The fourth-order valence-corrected chi connectivity index (χ4v) is 2.63. The van der Waals surface area contributed by atoms with Crippen LogP contribution in [0.3, 0.4) is 0 Å². The minimum absolute atomic E-state index is 0.0236. The second-order valence-electron chi connectivity index (χ2n) is 6.11. The summed E-state index contributed by atoms with van der Waals surface area (Å²) in [6, 6.07) is 9.96. The Labute approximate surface area is 146 Å². The van der Waals surface area contributed by atoms with Crippen LogP contribution in [0, 0.1) is 5.92 Å². The molecule has 0 radical (unpaired) electrons. The van der Waals surface area contributed by atoms with Crippen LogP contribution in [0.25, 0.3) is 0 Å². The Balaban J connectivity index is 1.76. The first-order chi connectivity index (χ1) is 12.0. The molecule has 1 fully saturated rings. The Kier molecular flexibility index (Phi) is 4.56. The van der Waals surface area contributed by atoms with Crippen molar-refractivity contribution >= 4 is 29.1 Å². The van der Waals surface area contributed by atoms with Crippen molar-refractivity contribution in [3.05, 3.63) is 42.6 Å². The molecule has 2 heterocycles. The zero-order chi connectivity index (χ0) is 18.0. The number of nitrogens with one attached hydrogen (secondary N) is 2. The van der Waals surface area contributed by atoms with Crippen LogP contribution in [0.5, 0.6) is 5.75 Å². The molecule has 130 valence electrons. The summed E-state index contributed by atoms with van der Waals surface area (Å²) >= 11 is 0. The van der Waals surface area contributed by atoms with Crippen molar-refractivity contribution in [2.24, 2.45) is 5.92 Å². The second kappa shape index (κ2) is 6.80. The zero-order valence-corrected chi connectivity index (χ0v) is 14.3. The molecular formula is C18H20N4O3. The lowest BCUT2D eigenvalue weighted by molar-refractivity contribution is -0.119. The fraction of sp³-hybridized carbons (Fsp3) is 0.278. The molecule has 3 rings (SSSR count). The number of nitrogens with zero attached hydrogens (tertiary/aromatic N) is 2. The number of carbonyl (C=O) groups is 2. The van der Waals surface area contributed by atoms with Gasteiger partial charge in [-0.05, 0) is 30.2 Å².